The van der Waals surface area contributed by atoms with E-state index >= 15 is 0 Å². The van der Waals surface area contributed by atoms with E-state index in [9.17, 15) is 18.3 Å². The second-order valence-electron chi connectivity index (χ2n) is 13.6. The molecular formula is C35H49N5O6S. The molecular weight excluding hydrogens is 618 g/mol. The lowest BCUT2D eigenvalue weighted by molar-refractivity contribution is -0.289. The van der Waals surface area contributed by atoms with Crippen LogP contribution in [0.4, 0.5) is 5.95 Å². The number of rotatable bonds is 10. The number of anilines is 1. The Morgan fingerprint density at radius 1 is 1.09 bits per heavy atom. The standard InChI is InChI=1S/C35H49N5O6S/c1-9-10-18-39(34(42)46-35(6,7)8)40-26(19-23(2)3)22-45-31-21-30(29-17-12-11-16-28(29)24(4)5)36-33(37-31)38-47(43,44)27-15-13-14-25(20-27)32(40)41/h11-17,20-21,23-24,26,34,42H,9-10,18-19,22H2,1-8H3,(H,36,37,38)/t26-,34?/m1/s1. The molecule has 256 valence electrons. The quantitative estimate of drug-likeness (QED) is 0.235. The number of aromatic nitrogens is 2. The Kier molecular flexibility index (Phi) is 11.7. The molecule has 4 rings (SSSR count). The van der Waals surface area contributed by atoms with Gasteiger partial charge in [-0.1, -0.05) is 71.4 Å². The molecule has 4 bridgehead atoms. The summed E-state index contributed by atoms with van der Waals surface area (Å²) in [7, 11) is -4.22. The molecule has 0 saturated carbocycles. The van der Waals surface area contributed by atoms with Crippen LogP contribution in [-0.2, 0) is 14.8 Å². The summed E-state index contributed by atoms with van der Waals surface area (Å²) in [4.78, 5) is 23.5. The number of amides is 1. The first-order valence-electron chi connectivity index (χ1n) is 16.3. The number of fused-ring (bicyclic) bond motifs is 4. The highest BCUT2D eigenvalue weighted by Gasteiger charge is 2.37. The van der Waals surface area contributed by atoms with Crippen molar-refractivity contribution in [3.8, 4) is 17.1 Å². The third-order valence-corrected chi connectivity index (χ3v) is 8.96. The number of hydrazine groups is 1. The van der Waals surface area contributed by atoms with Gasteiger partial charge in [0.25, 0.3) is 15.9 Å². The van der Waals surface area contributed by atoms with Gasteiger partial charge < -0.3 is 14.6 Å². The lowest BCUT2D eigenvalue weighted by Gasteiger charge is -2.44. The number of nitrogens with one attached hydrogen (secondary N) is 1. The van der Waals surface area contributed by atoms with Gasteiger partial charge in [-0.25, -0.2) is 18.1 Å². The Morgan fingerprint density at radius 2 is 1.81 bits per heavy atom. The Bertz CT molecular complexity index is 1640. The molecule has 0 radical (unpaired) electrons. The van der Waals surface area contributed by atoms with E-state index in [1.54, 1.807) is 12.1 Å². The minimum Gasteiger partial charge on any atom is -0.475 e. The fourth-order valence-corrected chi connectivity index (χ4v) is 6.49. The molecule has 12 heteroatoms. The first-order valence-corrected chi connectivity index (χ1v) is 17.8. The van der Waals surface area contributed by atoms with Crippen LogP contribution in [0.25, 0.3) is 11.3 Å². The van der Waals surface area contributed by atoms with Gasteiger partial charge in [0.2, 0.25) is 18.2 Å². The Morgan fingerprint density at radius 3 is 2.47 bits per heavy atom. The molecule has 2 atom stereocenters. The Balaban J connectivity index is 1.93. The number of carbonyl (C=O) groups excluding carboxylic acids is 1. The summed E-state index contributed by atoms with van der Waals surface area (Å²) >= 11 is 0. The first-order chi connectivity index (χ1) is 22.1. The number of hydrogen-bond donors (Lipinski definition) is 2. The van der Waals surface area contributed by atoms with Crippen LogP contribution in [0.15, 0.2) is 59.5 Å². The van der Waals surface area contributed by atoms with Crippen molar-refractivity contribution in [2.24, 2.45) is 5.92 Å². The number of sulfonamides is 1. The molecule has 47 heavy (non-hydrogen) atoms. The van der Waals surface area contributed by atoms with E-state index in [4.69, 9.17) is 9.47 Å². The number of aliphatic hydroxyl groups is 1. The number of unbranched alkanes of at least 4 members (excludes halogenated alkanes) is 1. The Hall–Kier alpha value is -3.58. The number of aliphatic hydroxyl groups excluding tert-OH is 1. The number of nitrogens with zero attached hydrogens (tertiary/aromatic N) is 4. The highest BCUT2D eigenvalue weighted by atomic mass is 32.2. The molecule has 1 unspecified atom stereocenters. The summed E-state index contributed by atoms with van der Waals surface area (Å²) in [6.07, 6.45) is 0.508. The van der Waals surface area contributed by atoms with Crippen molar-refractivity contribution in [2.45, 2.75) is 104 Å². The smallest absolute Gasteiger partial charge is 0.268 e. The molecule has 1 amide bonds. The van der Waals surface area contributed by atoms with Gasteiger partial charge in [0, 0.05) is 23.7 Å². The second kappa shape index (κ2) is 15.1. The molecule has 1 aromatic heterocycles. The van der Waals surface area contributed by atoms with Gasteiger partial charge in [0.15, 0.2) is 0 Å². The summed E-state index contributed by atoms with van der Waals surface area (Å²) in [5.41, 5.74) is 1.76. The van der Waals surface area contributed by atoms with Gasteiger partial charge in [-0.15, -0.1) is 0 Å². The molecule has 0 aliphatic carbocycles. The lowest BCUT2D eigenvalue weighted by atomic mass is 9.95. The van der Waals surface area contributed by atoms with Crippen molar-refractivity contribution in [1.29, 1.82) is 0 Å². The van der Waals surface area contributed by atoms with E-state index in [1.807, 2.05) is 65.8 Å². The molecule has 0 fully saturated rings. The Labute approximate surface area is 279 Å². The molecule has 2 heterocycles. The number of benzene rings is 2. The molecule has 1 aliphatic rings. The summed E-state index contributed by atoms with van der Waals surface area (Å²) in [5.74, 6) is -0.195. The second-order valence-corrected chi connectivity index (χ2v) is 15.3. The normalized spacial score (nSPS) is 17.5. The molecule has 2 N–H and O–H groups in total. The lowest BCUT2D eigenvalue weighted by Crippen LogP contribution is -2.59. The third kappa shape index (κ3) is 9.28. The van der Waals surface area contributed by atoms with Gasteiger partial charge in [0.1, 0.15) is 6.61 Å². The monoisotopic (exact) mass is 667 g/mol. The molecule has 1 aliphatic heterocycles. The maximum absolute atomic E-state index is 14.5. The molecule has 11 nitrogen and oxygen atoms in total. The van der Waals surface area contributed by atoms with Crippen molar-refractivity contribution < 1.29 is 27.8 Å². The van der Waals surface area contributed by atoms with Crippen molar-refractivity contribution in [3.63, 3.8) is 0 Å². The number of ether oxygens (including phenoxy) is 2. The van der Waals surface area contributed by atoms with Crippen LogP contribution in [0.2, 0.25) is 0 Å². The minimum atomic E-state index is -4.22. The maximum Gasteiger partial charge on any atom is 0.268 e. The van der Waals surface area contributed by atoms with Crippen molar-refractivity contribution in [2.75, 3.05) is 17.9 Å². The van der Waals surface area contributed by atoms with E-state index in [1.165, 1.54) is 28.2 Å². The zero-order valence-corrected chi connectivity index (χ0v) is 29.5. The van der Waals surface area contributed by atoms with E-state index in [2.05, 4.69) is 28.5 Å². The topological polar surface area (TPSA) is 134 Å². The van der Waals surface area contributed by atoms with Crippen LogP contribution in [0.5, 0.6) is 5.88 Å². The van der Waals surface area contributed by atoms with Crippen molar-refractivity contribution in [3.05, 3.63) is 65.7 Å². The van der Waals surface area contributed by atoms with Crippen LogP contribution >= 0.6 is 0 Å². The first kappa shape index (κ1) is 36.3. The zero-order valence-electron chi connectivity index (χ0n) is 28.7. The fraction of sp³-hybridized carbons (Fsp3) is 0.514. The summed E-state index contributed by atoms with van der Waals surface area (Å²) in [6, 6.07) is 14.7. The van der Waals surface area contributed by atoms with Gasteiger partial charge in [-0.2, -0.15) is 9.99 Å². The predicted molar refractivity (Wildman–Crippen MR) is 182 cm³/mol. The molecule has 3 aromatic rings. The molecule has 2 aromatic carbocycles. The minimum absolute atomic E-state index is 0.00292. The number of hydrogen-bond acceptors (Lipinski definition) is 9. The van der Waals surface area contributed by atoms with Gasteiger partial charge in [-0.3, -0.25) is 9.80 Å². The van der Waals surface area contributed by atoms with Gasteiger partial charge in [-0.05, 0) is 69.2 Å². The van der Waals surface area contributed by atoms with Crippen LogP contribution in [0, 0.1) is 5.92 Å². The van der Waals surface area contributed by atoms with Gasteiger partial charge >= 0.3 is 0 Å². The number of carbonyl (C=O) groups is 1. The van der Waals surface area contributed by atoms with E-state index < -0.39 is 34.0 Å². The maximum atomic E-state index is 14.5. The summed E-state index contributed by atoms with van der Waals surface area (Å²) in [6.45, 7) is 16.1. The average molecular weight is 668 g/mol. The van der Waals surface area contributed by atoms with Crippen molar-refractivity contribution >= 4 is 21.9 Å². The largest absolute Gasteiger partial charge is 0.475 e. The highest BCUT2D eigenvalue weighted by Crippen LogP contribution is 2.32. The van der Waals surface area contributed by atoms with E-state index in [0.29, 0.717) is 25.1 Å². The van der Waals surface area contributed by atoms with Crippen LogP contribution in [0.1, 0.15) is 96.5 Å². The third-order valence-electron chi connectivity index (χ3n) is 7.63. The SMILES string of the molecule is CCCCN(C(O)OC(C)(C)C)N1C(=O)c2cccc(c2)S(=O)(=O)Nc2nc(cc(-c3ccccc3C(C)C)n2)OC[C@H]1CC(C)C. The van der Waals surface area contributed by atoms with Crippen LogP contribution in [0.3, 0.4) is 0 Å². The van der Waals surface area contributed by atoms with Crippen LogP contribution in [-0.4, -0.2) is 70.6 Å². The predicted octanol–water partition coefficient (Wildman–Crippen LogP) is 6.43. The summed E-state index contributed by atoms with van der Waals surface area (Å²) < 4.78 is 42.2. The van der Waals surface area contributed by atoms with Crippen molar-refractivity contribution in [1.82, 2.24) is 20.0 Å². The molecule has 0 spiro atoms. The fourth-order valence-electron chi connectivity index (χ4n) is 5.50. The highest BCUT2D eigenvalue weighted by molar-refractivity contribution is 7.92. The van der Waals surface area contributed by atoms with E-state index in [-0.39, 0.29) is 40.7 Å². The van der Waals surface area contributed by atoms with Crippen LogP contribution < -0.4 is 9.46 Å². The summed E-state index contributed by atoms with van der Waals surface area (Å²) in [5, 5.41) is 14.5. The molecule has 0 saturated heterocycles. The van der Waals surface area contributed by atoms with E-state index in [0.717, 1.165) is 17.5 Å². The zero-order chi connectivity index (χ0) is 34.5. The van der Waals surface area contributed by atoms with Gasteiger partial charge in [0.05, 0.1) is 22.2 Å². The average Bonchev–Trinajstić information content (AvgIpc) is 2.99.